The molecule has 0 spiro atoms. The summed E-state index contributed by atoms with van der Waals surface area (Å²) in [5, 5.41) is 32.5. The van der Waals surface area contributed by atoms with Crippen LogP contribution in [0.4, 0.5) is 5.69 Å². The Balaban J connectivity index is 1.70. The Morgan fingerprint density at radius 3 is 2.32 bits per heavy atom. The Bertz CT molecular complexity index is 880. The van der Waals surface area contributed by atoms with Crippen molar-refractivity contribution in [3.63, 3.8) is 0 Å². The van der Waals surface area contributed by atoms with Crippen LogP contribution in [0.5, 0.6) is 11.5 Å². The molecule has 0 radical (unpaired) electrons. The van der Waals surface area contributed by atoms with Gasteiger partial charge in [-0.05, 0) is 55.3 Å². The van der Waals surface area contributed by atoms with Crippen molar-refractivity contribution in [3.05, 3.63) is 70.3 Å². The van der Waals surface area contributed by atoms with E-state index in [1.807, 2.05) is 25.1 Å². The molecule has 166 valence electrons. The van der Waals surface area contributed by atoms with Crippen LogP contribution in [0, 0.1) is 10.1 Å². The lowest BCUT2D eigenvalue weighted by molar-refractivity contribution is -0.384. The number of rotatable bonds is 13. The second kappa shape index (κ2) is 12.3. The van der Waals surface area contributed by atoms with Gasteiger partial charge in [0.05, 0.1) is 4.92 Å². The Morgan fingerprint density at radius 2 is 1.74 bits per heavy atom. The van der Waals surface area contributed by atoms with E-state index < -0.39 is 17.0 Å². The highest BCUT2D eigenvalue weighted by molar-refractivity contribution is 5.69. The number of benzene rings is 2. The average Bonchev–Trinajstić information content (AvgIpc) is 2.77. The van der Waals surface area contributed by atoms with E-state index in [9.17, 15) is 20.0 Å². The highest BCUT2D eigenvalue weighted by Gasteiger charge is 2.08. The number of carboxylic acids is 1. The molecule has 9 heteroatoms. The number of allylic oxidation sites excluding steroid dienone is 1. The molecule has 0 aliphatic heterocycles. The fourth-order valence-electron chi connectivity index (χ4n) is 2.77. The number of non-ortho nitro benzene ring substituents is 1. The van der Waals surface area contributed by atoms with E-state index in [0.717, 1.165) is 17.6 Å². The molecule has 0 aromatic heterocycles. The molecule has 1 unspecified atom stereocenters. The van der Waals surface area contributed by atoms with Gasteiger partial charge in [0.15, 0.2) is 6.61 Å². The quantitative estimate of drug-likeness (QED) is 0.251. The summed E-state index contributed by atoms with van der Waals surface area (Å²) in [7, 11) is 0. The third-order valence-electron chi connectivity index (χ3n) is 4.38. The Hall–Kier alpha value is -3.43. The van der Waals surface area contributed by atoms with Crippen molar-refractivity contribution in [3.8, 4) is 11.5 Å². The summed E-state index contributed by atoms with van der Waals surface area (Å²) < 4.78 is 10.6. The molecule has 0 fully saturated rings. The second-order valence-corrected chi connectivity index (χ2v) is 6.69. The Morgan fingerprint density at radius 1 is 1.13 bits per heavy atom. The number of carbonyl (C=O) groups is 1. The summed E-state index contributed by atoms with van der Waals surface area (Å²) in [6.45, 7) is 2.61. The number of nitrogens with one attached hydrogen (secondary N) is 1. The van der Waals surface area contributed by atoms with Gasteiger partial charge in [-0.15, -0.1) is 0 Å². The van der Waals surface area contributed by atoms with Crippen molar-refractivity contribution in [2.75, 3.05) is 26.3 Å². The van der Waals surface area contributed by atoms with Gasteiger partial charge in [0, 0.05) is 18.7 Å². The van der Waals surface area contributed by atoms with Crippen LogP contribution in [0.3, 0.4) is 0 Å². The lowest BCUT2D eigenvalue weighted by atomic mass is 10.0. The van der Waals surface area contributed by atoms with Crippen LogP contribution < -0.4 is 14.8 Å². The maximum atomic E-state index is 10.6. The van der Waals surface area contributed by atoms with Gasteiger partial charge >= 0.3 is 5.97 Å². The average molecular weight is 430 g/mol. The first-order chi connectivity index (χ1) is 14.9. The lowest BCUT2D eigenvalue weighted by Gasteiger charge is -2.14. The first-order valence-corrected chi connectivity index (χ1v) is 9.75. The van der Waals surface area contributed by atoms with E-state index in [1.54, 1.807) is 12.1 Å². The second-order valence-electron chi connectivity index (χ2n) is 6.69. The third-order valence-corrected chi connectivity index (χ3v) is 4.38. The van der Waals surface area contributed by atoms with Crippen LogP contribution in [0.25, 0.3) is 5.57 Å². The van der Waals surface area contributed by atoms with Crippen LogP contribution in [0.1, 0.15) is 18.9 Å². The number of hydrogen-bond acceptors (Lipinski definition) is 7. The molecule has 0 heterocycles. The van der Waals surface area contributed by atoms with Crippen LogP contribution in [-0.2, 0) is 4.79 Å². The van der Waals surface area contributed by atoms with Gasteiger partial charge in [-0.1, -0.05) is 18.2 Å². The minimum atomic E-state index is -1.02. The van der Waals surface area contributed by atoms with Crippen molar-refractivity contribution in [1.29, 1.82) is 0 Å². The zero-order chi connectivity index (χ0) is 22.6. The minimum absolute atomic E-state index is 0.0169. The highest BCUT2D eigenvalue weighted by Crippen LogP contribution is 2.21. The maximum absolute atomic E-state index is 10.6. The fraction of sp³-hybridized carbons (Fsp3) is 0.318. The van der Waals surface area contributed by atoms with E-state index in [-0.39, 0.29) is 18.9 Å². The number of nitrogens with zero attached hydrogens (tertiary/aromatic N) is 1. The van der Waals surface area contributed by atoms with Gasteiger partial charge in [0.1, 0.15) is 24.2 Å². The smallest absolute Gasteiger partial charge is 0.341 e. The molecular weight excluding hydrogens is 404 g/mol. The molecule has 0 aliphatic carbocycles. The molecule has 0 amide bonds. The van der Waals surface area contributed by atoms with E-state index in [1.165, 1.54) is 24.3 Å². The molecule has 2 rings (SSSR count). The SMILES string of the molecule is C/C=C(\CCNCC(O)COc1ccc([N+](=O)[O-])cc1)c1ccc(OCC(=O)O)cc1. The molecule has 0 saturated heterocycles. The van der Waals surface area contributed by atoms with Crippen molar-refractivity contribution in [2.24, 2.45) is 0 Å². The van der Waals surface area contributed by atoms with Gasteiger partial charge < -0.3 is 25.0 Å². The van der Waals surface area contributed by atoms with Gasteiger partial charge in [-0.2, -0.15) is 0 Å². The molecule has 1 atom stereocenters. The number of aliphatic carboxylic acids is 1. The van der Waals surface area contributed by atoms with E-state index in [0.29, 0.717) is 24.6 Å². The highest BCUT2D eigenvalue weighted by atomic mass is 16.6. The van der Waals surface area contributed by atoms with Crippen LogP contribution in [0.15, 0.2) is 54.6 Å². The van der Waals surface area contributed by atoms with Gasteiger partial charge in [-0.3, -0.25) is 10.1 Å². The number of hydrogen-bond donors (Lipinski definition) is 3. The van der Waals surface area contributed by atoms with Crippen molar-refractivity contribution in [1.82, 2.24) is 5.32 Å². The standard InChI is InChI=1S/C22H26N2O7/c1-2-16(17-3-7-20(8-4-17)31-15-22(26)27)11-12-23-13-19(25)14-30-21-9-5-18(6-10-21)24(28)29/h2-10,19,23,25H,11-15H2,1H3,(H,26,27)/b16-2+. The molecule has 2 aromatic rings. The maximum Gasteiger partial charge on any atom is 0.341 e. The molecule has 0 bridgehead atoms. The number of ether oxygens (including phenoxy) is 2. The normalized spacial score (nSPS) is 12.3. The van der Waals surface area contributed by atoms with Crippen molar-refractivity contribution < 1.29 is 29.4 Å². The molecule has 9 nitrogen and oxygen atoms in total. The molecular formula is C22H26N2O7. The van der Waals surface area contributed by atoms with Gasteiger partial charge in [-0.25, -0.2) is 4.79 Å². The molecule has 3 N–H and O–H groups in total. The predicted molar refractivity (Wildman–Crippen MR) is 115 cm³/mol. The number of aliphatic hydroxyl groups excluding tert-OH is 1. The molecule has 31 heavy (non-hydrogen) atoms. The number of nitro groups is 1. The fourth-order valence-corrected chi connectivity index (χ4v) is 2.77. The largest absolute Gasteiger partial charge is 0.491 e. The first kappa shape index (κ1) is 23.8. The Kier molecular flexibility index (Phi) is 9.47. The summed E-state index contributed by atoms with van der Waals surface area (Å²) >= 11 is 0. The number of carboxylic acid groups (broad SMARTS) is 1. The van der Waals surface area contributed by atoms with E-state index in [4.69, 9.17) is 14.6 Å². The summed E-state index contributed by atoms with van der Waals surface area (Å²) in [5.41, 5.74) is 2.10. The summed E-state index contributed by atoms with van der Waals surface area (Å²) in [6, 6.07) is 12.9. The zero-order valence-corrected chi connectivity index (χ0v) is 17.2. The lowest BCUT2D eigenvalue weighted by Crippen LogP contribution is -2.32. The first-order valence-electron chi connectivity index (χ1n) is 9.75. The van der Waals surface area contributed by atoms with E-state index >= 15 is 0 Å². The van der Waals surface area contributed by atoms with Crippen molar-refractivity contribution in [2.45, 2.75) is 19.4 Å². The summed E-state index contributed by atoms with van der Waals surface area (Å²) in [6.07, 6.45) is 2.01. The van der Waals surface area contributed by atoms with Crippen molar-refractivity contribution >= 4 is 17.2 Å². The van der Waals surface area contributed by atoms with Crippen LogP contribution >= 0.6 is 0 Å². The van der Waals surface area contributed by atoms with Gasteiger partial charge in [0.2, 0.25) is 0 Å². The number of nitro benzene ring substituents is 1. The number of aliphatic hydroxyl groups is 1. The van der Waals surface area contributed by atoms with Crippen LogP contribution in [-0.4, -0.2) is 53.5 Å². The molecule has 2 aromatic carbocycles. The monoisotopic (exact) mass is 430 g/mol. The van der Waals surface area contributed by atoms with E-state index in [2.05, 4.69) is 5.32 Å². The Labute approximate surface area is 180 Å². The predicted octanol–water partition coefficient (Wildman–Crippen LogP) is 2.88. The zero-order valence-electron chi connectivity index (χ0n) is 17.2. The summed E-state index contributed by atoms with van der Waals surface area (Å²) in [5.74, 6) is -0.0721. The summed E-state index contributed by atoms with van der Waals surface area (Å²) in [4.78, 5) is 20.7. The third kappa shape index (κ3) is 8.45. The molecule has 0 aliphatic rings. The molecule has 0 saturated carbocycles. The minimum Gasteiger partial charge on any atom is -0.491 e. The van der Waals surface area contributed by atoms with Crippen LogP contribution in [0.2, 0.25) is 0 Å². The topological polar surface area (TPSA) is 131 Å². The van der Waals surface area contributed by atoms with Gasteiger partial charge in [0.25, 0.3) is 5.69 Å².